The van der Waals surface area contributed by atoms with Crippen LogP contribution in [0.5, 0.6) is 0 Å². The zero-order valence-electron chi connectivity index (χ0n) is 31.7. The van der Waals surface area contributed by atoms with Crippen LogP contribution in [0.2, 0.25) is 0 Å². The lowest BCUT2D eigenvalue weighted by atomic mass is 9.89. The Bertz CT molecular complexity index is 3120. The molecule has 0 bridgehead atoms. The molecule has 0 amide bonds. The number of para-hydroxylation sites is 1. The maximum absolute atomic E-state index is 9.30. The summed E-state index contributed by atoms with van der Waals surface area (Å²) in [5, 5.41) is 11.8. The van der Waals surface area contributed by atoms with E-state index < -0.39 is 0 Å². The number of anilines is 2. The van der Waals surface area contributed by atoms with Crippen molar-refractivity contribution in [3.63, 3.8) is 0 Å². The zero-order valence-corrected chi connectivity index (χ0v) is 31.7. The summed E-state index contributed by atoms with van der Waals surface area (Å²) >= 11 is 0. The van der Waals surface area contributed by atoms with Gasteiger partial charge in [-0.1, -0.05) is 146 Å². The summed E-state index contributed by atoms with van der Waals surface area (Å²) in [6.45, 7) is 0. The Morgan fingerprint density at radius 2 is 0.966 bits per heavy atom. The predicted octanol–water partition coefficient (Wildman–Crippen LogP) is 14.1. The minimum atomic E-state index is 0.197. The first-order chi connectivity index (χ1) is 28.7. The van der Waals surface area contributed by atoms with Gasteiger partial charge in [0.15, 0.2) is 0 Å². The summed E-state index contributed by atoms with van der Waals surface area (Å²) < 4.78 is 2.40. The topological polar surface area (TPSA) is 32.0 Å². The van der Waals surface area contributed by atoms with E-state index in [1.165, 1.54) is 66.4 Å². The van der Waals surface area contributed by atoms with E-state index in [9.17, 15) is 5.26 Å². The molecule has 1 aromatic heterocycles. The highest BCUT2D eigenvalue weighted by Gasteiger charge is 2.37. The lowest BCUT2D eigenvalue weighted by Gasteiger charge is -2.29. The van der Waals surface area contributed by atoms with Gasteiger partial charge in [0.2, 0.25) is 0 Å². The first-order valence-electron chi connectivity index (χ1n) is 19.9. The molecule has 0 saturated carbocycles. The van der Waals surface area contributed by atoms with Crippen molar-refractivity contribution < 1.29 is 0 Å². The number of aromatic nitrogens is 1. The average molecular weight is 740 g/mol. The predicted molar refractivity (Wildman–Crippen MR) is 241 cm³/mol. The van der Waals surface area contributed by atoms with Crippen molar-refractivity contribution in [3.05, 3.63) is 223 Å². The maximum atomic E-state index is 9.30. The van der Waals surface area contributed by atoms with Crippen LogP contribution in [0.1, 0.15) is 17.0 Å². The molecule has 2 heterocycles. The van der Waals surface area contributed by atoms with E-state index in [1.54, 1.807) is 0 Å². The molecule has 0 spiro atoms. The molecule has 272 valence electrons. The molecule has 0 fully saturated rings. The average Bonchev–Trinajstić information content (AvgIpc) is 3.82. The van der Waals surface area contributed by atoms with E-state index in [0.29, 0.717) is 5.56 Å². The minimum absolute atomic E-state index is 0.197. The maximum Gasteiger partial charge on any atom is 0.0991 e. The molecule has 1 aliphatic heterocycles. The third kappa shape index (κ3) is 5.66. The number of fused-ring (bicyclic) bond motifs is 6. The van der Waals surface area contributed by atoms with Crippen LogP contribution in [-0.4, -0.2) is 10.6 Å². The van der Waals surface area contributed by atoms with Crippen molar-refractivity contribution in [2.75, 3.05) is 4.90 Å². The normalized spacial score (nSPS) is 15.4. The van der Waals surface area contributed by atoms with E-state index in [0.717, 1.165) is 22.5 Å². The second-order valence-electron chi connectivity index (χ2n) is 15.2. The first kappa shape index (κ1) is 33.6. The van der Waals surface area contributed by atoms with Gasteiger partial charge in [-0.15, -0.1) is 0 Å². The summed E-state index contributed by atoms with van der Waals surface area (Å²) in [6, 6.07) is 70.1. The number of nitriles is 1. The fourth-order valence-corrected chi connectivity index (χ4v) is 9.14. The fourth-order valence-electron chi connectivity index (χ4n) is 9.14. The molecule has 11 rings (SSSR count). The Kier molecular flexibility index (Phi) is 8.01. The quantitative estimate of drug-likeness (QED) is 0.170. The number of rotatable bonds is 6. The Labute approximate surface area is 338 Å². The number of hydrogen-bond acceptors (Lipinski definition) is 2. The van der Waals surface area contributed by atoms with E-state index in [2.05, 4.69) is 204 Å². The molecular formula is C55H37N3. The minimum Gasteiger partial charge on any atom is -0.333 e. The van der Waals surface area contributed by atoms with Gasteiger partial charge >= 0.3 is 0 Å². The van der Waals surface area contributed by atoms with E-state index in [4.69, 9.17) is 0 Å². The zero-order chi connectivity index (χ0) is 38.6. The van der Waals surface area contributed by atoms with Crippen molar-refractivity contribution in [3.8, 4) is 56.3 Å². The van der Waals surface area contributed by atoms with Crippen molar-refractivity contribution >= 4 is 33.2 Å². The van der Waals surface area contributed by atoms with Gasteiger partial charge in [0, 0.05) is 33.8 Å². The van der Waals surface area contributed by atoms with Gasteiger partial charge in [-0.25, -0.2) is 0 Å². The molecule has 0 radical (unpaired) electrons. The lowest BCUT2D eigenvalue weighted by Crippen LogP contribution is -2.28. The van der Waals surface area contributed by atoms with Crippen LogP contribution in [0, 0.1) is 11.3 Å². The molecule has 2 aliphatic rings. The van der Waals surface area contributed by atoms with Gasteiger partial charge in [0.05, 0.1) is 28.7 Å². The van der Waals surface area contributed by atoms with E-state index in [1.807, 2.05) is 24.3 Å². The number of benzene rings is 8. The monoisotopic (exact) mass is 739 g/mol. The van der Waals surface area contributed by atoms with Crippen LogP contribution in [0.15, 0.2) is 212 Å². The summed E-state index contributed by atoms with van der Waals surface area (Å²) in [6.07, 6.45) is 9.01. The molecule has 0 N–H and O–H groups in total. The summed E-state index contributed by atoms with van der Waals surface area (Å²) in [5.74, 6) is 0.257. The van der Waals surface area contributed by atoms with Crippen molar-refractivity contribution in [1.82, 2.24) is 4.57 Å². The molecule has 0 saturated heterocycles. The second-order valence-corrected chi connectivity index (χ2v) is 15.2. The Morgan fingerprint density at radius 3 is 1.72 bits per heavy atom. The van der Waals surface area contributed by atoms with Crippen LogP contribution < -0.4 is 4.90 Å². The van der Waals surface area contributed by atoms with E-state index >= 15 is 0 Å². The fraction of sp³-hybridized carbons (Fsp3) is 0.0364. The van der Waals surface area contributed by atoms with Crippen LogP contribution in [0.25, 0.3) is 72.0 Å². The highest BCUT2D eigenvalue weighted by molar-refractivity contribution is 6.10. The molecule has 2 atom stereocenters. The Hall–Kier alpha value is -7.67. The number of hydrogen-bond donors (Lipinski definition) is 0. The van der Waals surface area contributed by atoms with Crippen molar-refractivity contribution in [1.29, 1.82) is 5.26 Å². The molecule has 1 aliphatic carbocycles. The largest absolute Gasteiger partial charge is 0.333 e. The van der Waals surface area contributed by atoms with Crippen LogP contribution in [0.3, 0.4) is 0 Å². The third-order valence-electron chi connectivity index (χ3n) is 12.0. The van der Waals surface area contributed by atoms with E-state index in [-0.39, 0.29) is 12.0 Å². The van der Waals surface area contributed by atoms with Crippen molar-refractivity contribution in [2.45, 2.75) is 12.0 Å². The standard InChI is InChI=1S/C55H37N3/c56-36-37-20-22-39(23-21-37)43-13-9-15-47(33-43)58-53-19-7-5-17-49(53)51-35-45(29-31-55(51)58)41-26-24-40(25-27-41)44-28-30-54-50(34-44)48-16-4-6-18-52(48)57(54)46-14-8-12-42(32-46)38-10-2-1-3-11-38/h1-35,49,53H. The Morgan fingerprint density at radius 1 is 0.414 bits per heavy atom. The second kappa shape index (κ2) is 13.8. The molecule has 58 heavy (non-hydrogen) atoms. The Balaban J connectivity index is 0.919. The van der Waals surface area contributed by atoms with Crippen molar-refractivity contribution in [2.24, 2.45) is 0 Å². The number of nitrogens with zero attached hydrogens (tertiary/aromatic N) is 3. The summed E-state index contributed by atoms with van der Waals surface area (Å²) in [4.78, 5) is 2.48. The molecule has 3 heteroatoms. The highest BCUT2D eigenvalue weighted by Crippen LogP contribution is 2.49. The highest BCUT2D eigenvalue weighted by atomic mass is 15.2. The van der Waals surface area contributed by atoms with Gasteiger partial charge in [0.1, 0.15) is 0 Å². The molecule has 8 aromatic carbocycles. The molecule has 2 unspecified atom stereocenters. The summed E-state index contributed by atoms with van der Waals surface area (Å²) in [7, 11) is 0. The van der Waals surface area contributed by atoms with Gasteiger partial charge in [-0.2, -0.15) is 5.26 Å². The van der Waals surface area contributed by atoms with Gasteiger partial charge < -0.3 is 9.47 Å². The summed E-state index contributed by atoms with van der Waals surface area (Å²) in [5.41, 5.74) is 17.5. The SMILES string of the molecule is N#Cc1ccc(-c2cccc(N3c4ccc(-c5ccc(-c6ccc7c(c6)c6ccccc6n7-c6cccc(-c7ccccc7)c6)cc5)cc4C4C=CC=CC43)c2)cc1. The number of allylic oxidation sites excluding steroid dienone is 2. The third-order valence-corrected chi connectivity index (χ3v) is 12.0. The van der Waals surface area contributed by atoms with Gasteiger partial charge in [-0.05, 0) is 117 Å². The van der Waals surface area contributed by atoms with Crippen LogP contribution in [-0.2, 0) is 0 Å². The van der Waals surface area contributed by atoms with Crippen LogP contribution >= 0.6 is 0 Å². The molecular weight excluding hydrogens is 703 g/mol. The molecule has 9 aromatic rings. The van der Waals surface area contributed by atoms with Gasteiger partial charge in [-0.3, -0.25) is 0 Å². The molecule has 3 nitrogen and oxygen atoms in total. The van der Waals surface area contributed by atoms with Gasteiger partial charge in [0.25, 0.3) is 0 Å². The van der Waals surface area contributed by atoms with Crippen LogP contribution in [0.4, 0.5) is 11.4 Å². The lowest BCUT2D eigenvalue weighted by molar-refractivity contribution is 0.745. The first-order valence-corrected chi connectivity index (χ1v) is 19.9. The smallest absolute Gasteiger partial charge is 0.0991 e.